The molecule has 0 unspecified atom stereocenters. The molecule has 0 radical (unpaired) electrons. The van der Waals surface area contributed by atoms with E-state index in [0.29, 0.717) is 21.6 Å². The number of hydrogen-bond donors (Lipinski definition) is 1. The molecule has 3 rings (SSSR count). The minimum Gasteiger partial charge on any atom is -0.508 e. The van der Waals surface area contributed by atoms with E-state index in [9.17, 15) is 9.90 Å². The molecule has 1 N–H and O–H groups in total. The van der Waals surface area contributed by atoms with E-state index in [0.717, 1.165) is 5.56 Å². The first-order chi connectivity index (χ1) is 9.15. The minimum absolute atomic E-state index is 0.0647. The maximum absolute atomic E-state index is 12.4. The zero-order chi connectivity index (χ0) is 13.4. The minimum atomic E-state index is -0.136. The van der Waals surface area contributed by atoms with Crippen molar-refractivity contribution in [3.05, 3.63) is 64.0 Å². The van der Waals surface area contributed by atoms with Gasteiger partial charge in [-0.1, -0.05) is 23.7 Å². The van der Waals surface area contributed by atoms with Crippen molar-refractivity contribution in [2.75, 3.05) is 0 Å². The number of halogens is 1. The second-order valence-corrected chi connectivity index (χ2v) is 4.60. The molecule has 94 valence electrons. The highest BCUT2D eigenvalue weighted by Crippen LogP contribution is 2.23. The van der Waals surface area contributed by atoms with Crippen molar-refractivity contribution in [3.63, 3.8) is 0 Å². The fourth-order valence-electron chi connectivity index (χ4n) is 1.95. The molecule has 3 nitrogen and oxygen atoms in total. The third kappa shape index (κ3) is 2.09. The van der Waals surface area contributed by atoms with Crippen LogP contribution in [0, 0.1) is 0 Å². The van der Waals surface area contributed by atoms with Gasteiger partial charge in [0.25, 0.3) is 0 Å². The van der Waals surface area contributed by atoms with Gasteiger partial charge in [0.1, 0.15) is 17.6 Å². The molecule has 1 heterocycles. The Morgan fingerprint density at radius 1 is 1.05 bits per heavy atom. The van der Waals surface area contributed by atoms with E-state index in [4.69, 9.17) is 16.0 Å². The summed E-state index contributed by atoms with van der Waals surface area (Å²) in [6.07, 6.45) is 1.40. The van der Waals surface area contributed by atoms with Gasteiger partial charge in [-0.05, 0) is 29.8 Å². The molecule has 0 fully saturated rings. The van der Waals surface area contributed by atoms with Crippen LogP contribution in [0.15, 0.2) is 57.9 Å². The Morgan fingerprint density at radius 2 is 1.79 bits per heavy atom. The lowest BCUT2D eigenvalue weighted by Crippen LogP contribution is -2.04. The molecule has 4 heteroatoms. The Hall–Kier alpha value is -2.26. The molecule has 1 aromatic heterocycles. The van der Waals surface area contributed by atoms with Crippen molar-refractivity contribution < 1.29 is 9.52 Å². The fraction of sp³-hybridized carbons (Fsp3) is 0. The second kappa shape index (κ2) is 4.44. The predicted octanol–water partition coefficient (Wildman–Crippen LogP) is 3.82. The lowest BCUT2D eigenvalue weighted by atomic mass is 10.1. The molecule has 0 amide bonds. The highest BCUT2D eigenvalue weighted by Gasteiger charge is 2.09. The van der Waals surface area contributed by atoms with Crippen molar-refractivity contribution in [1.82, 2.24) is 0 Å². The average Bonchev–Trinajstić information content (AvgIpc) is 2.40. The molecule has 0 atom stereocenters. The Labute approximate surface area is 113 Å². The first-order valence-electron chi connectivity index (χ1n) is 5.65. The van der Waals surface area contributed by atoms with Gasteiger partial charge in [-0.3, -0.25) is 4.79 Å². The van der Waals surface area contributed by atoms with Gasteiger partial charge in [0, 0.05) is 11.1 Å². The standard InChI is InChI=1S/C15H9ClO3/c16-10-3-1-9(2-4-10)13-8-19-14-7-11(17)5-6-12(14)15(13)18/h1-8,17H. The summed E-state index contributed by atoms with van der Waals surface area (Å²) in [7, 11) is 0. The van der Waals surface area contributed by atoms with Crippen LogP contribution in [0.5, 0.6) is 5.75 Å². The zero-order valence-corrected chi connectivity index (χ0v) is 10.5. The number of phenols is 1. The largest absolute Gasteiger partial charge is 0.508 e. The van der Waals surface area contributed by atoms with Gasteiger partial charge in [-0.15, -0.1) is 0 Å². The van der Waals surface area contributed by atoms with Crippen LogP contribution in [0.4, 0.5) is 0 Å². The predicted molar refractivity (Wildman–Crippen MR) is 74.6 cm³/mol. The summed E-state index contributed by atoms with van der Waals surface area (Å²) in [5.41, 5.74) is 1.44. The first kappa shape index (κ1) is 11.8. The summed E-state index contributed by atoms with van der Waals surface area (Å²) in [6.45, 7) is 0. The molecule has 3 aromatic rings. The van der Waals surface area contributed by atoms with Crippen LogP contribution in [0.1, 0.15) is 0 Å². The van der Waals surface area contributed by atoms with Crippen molar-refractivity contribution in [1.29, 1.82) is 0 Å². The quantitative estimate of drug-likeness (QED) is 0.733. The summed E-state index contributed by atoms with van der Waals surface area (Å²) >= 11 is 5.82. The fourth-order valence-corrected chi connectivity index (χ4v) is 2.07. The maximum Gasteiger partial charge on any atom is 0.200 e. The summed E-state index contributed by atoms with van der Waals surface area (Å²) in [5, 5.41) is 10.4. The molecule has 0 bridgehead atoms. The summed E-state index contributed by atoms with van der Waals surface area (Å²) in [6, 6.07) is 11.4. The second-order valence-electron chi connectivity index (χ2n) is 4.17. The van der Waals surface area contributed by atoms with Gasteiger partial charge in [-0.2, -0.15) is 0 Å². The SMILES string of the molecule is O=c1c(-c2ccc(Cl)cc2)coc2cc(O)ccc12. The normalized spacial score (nSPS) is 10.8. The maximum atomic E-state index is 12.4. The molecule has 0 aliphatic rings. The van der Waals surface area contributed by atoms with Gasteiger partial charge < -0.3 is 9.52 Å². The summed E-state index contributed by atoms with van der Waals surface area (Å²) in [5.74, 6) is 0.0647. The van der Waals surface area contributed by atoms with Crippen molar-refractivity contribution >= 4 is 22.6 Å². The van der Waals surface area contributed by atoms with E-state index in [-0.39, 0.29) is 11.2 Å². The van der Waals surface area contributed by atoms with E-state index in [1.807, 2.05) is 0 Å². The molecule has 2 aromatic carbocycles. The van der Waals surface area contributed by atoms with E-state index >= 15 is 0 Å². The number of benzene rings is 2. The molecule has 0 saturated heterocycles. The molecule has 19 heavy (non-hydrogen) atoms. The number of phenolic OH excluding ortho intramolecular Hbond substituents is 1. The smallest absolute Gasteiger partial charge is 0.200 e. The van der Waals surface area contributed by atoms with Crippen LogP contribution in [0.25, 0.3) is 22.1 Å². The highest BCUT2D eigenvalue weighted by molar-refractivity contribution is 6.30. The van der Waals surface area contributed by atoms with E-state index in [1.54, 1.807) is 30.3 Å². The van der Waals surface area contributed by atoms with Crippen molar-refractivity contribution in [3.8, 4) is 16.9 Å². The van der Waals surface area contributed by atoms with Crippen LogP contribution < -0.4 is 5.43 Å². The van der Waals surface area contributed by atoms with Crippen LogP contribution in [0.3, 0.4) is 0 Å². The Balaban J connectivity index is 2.26. The third-order valence-corrected chi connectivity index (χ3v) is 3.17. The number of fused-ring (bicyclic) bond motifs is 1. The van der Waals surface area contributed by atoms with Crippen LogP contribution >= 0.6 is 11.6 Å². The highest BCUT2D eigenvalue weighted by atomic mass is 35.5. The topological polar surface area (TPSA) is 50.4 Å². The number of hydrogen-bond acceptors (Lipinski definition) is 3. The molecule has 0 saturated carbocycles. The number of rotatable bonds is 1. The first-order valence-corrected chi connectivity index (χ1v) is 6.03. The van der Waals surface area contributed by atoms with Gasteiger partial charge in [0.15, 0.2) is 5.43 Å². The van der Waals surface area contributed by atoms with Crippen LogP contribution in [0.2, 0.25) is 5.02 Å². The lowest BCUT2D eigenvalue weighted by Gasteiger charge is -2.03. The van der Waals surface area contributed by atoms with Crippen LogP contribution in [-0.4, -0.2) is 5.11 Å². The van der Waals surface area contributed by atoms with Gasteiger partial charge in [-0.25, -0.2) is 0 Å². The summed E-state index contributed by atoms with van der Waals surface area (Å²) in [4.78, 5) is 12.4. The van der Waals surface area contributed by atoms with Crippen molar-refractivity contribution in [2.45, 2.75) is 0 Å². The Kier molecular flexibility index (Phi) is 2.76. The van der Waals surface area contributed by atoms with E-state index < -0.39 is 0 Å². The molecular formula is C15H9ClO3. The Bertz CT molecular complexity index is 804. The van der Waals surface area contributed by atoms with Gasteiger partial charge in [0.05, 0.1) is 10.9 Å². The summed E-state index contributed by atoms with van der Waals surface area (Å²) < 4.78 is 5.40. The monoisotopic (exact) mass is 272 g/mol. The number of aromatic hydroxyl groups is 1. The Morgan fingerprint density at radius 3 is 2.53 bits per heavy atom. The van der Waals surface area contributed by atoms with Crippen molar-refractivity contribution in [2.24, 2.45) is 0 Å². The van der Waals surface area contributed by atoms with Crippen LogP contribution in [-0.2, 0) is 0 Å². The van der Waals surface area contributed by atoms with E-state index in [2.05, 4.69) is 0 Å². The molecule has 0 aliphatic carbocycles. The molecular weight excluding hydrogens is 264 g/mol. The zero-order valence-electron chi connectivity index (χ0n) is 9.76. The van der Waals surface area contributed by atoms with E-state index in [1.165, 1.54) is 18.4 Å². The average molecular weight is 273 g/mol. The third-order valence-electron chi connectivity index (χ3n) is 2.91. The van der Waals surface area contributed by atoms with Gasteiger partial charge in [0.2, 0.25) is 0 Å². The van der Waals surface area contributed by atoms with Gasteiger partial charge >= 0.3 is 0 Å². The lowest BCUT2D eigenvalue weighted by molar-refractivity contribution is 0.474. The molecule has 0 spiro atoms. The molecule has 0 aliphatic heterocycles.